The minimum atomic E-state index is -4.11. The summed E-state index contributed by atoms with van der Waals surface area (Å²) in [4.78, 5) is 10.6. The number of carbonyl (C=O) groups is 1. The fraction of sp³-hybridized carbons (Fsp3) is 0.462. The van der Waals surface area contributed by atoms with E-state index in [9.17, 15) is 18.0 Å². The first-order valence-electron chi connectivity index (χ1n) is 6.12. The van der Waals surface area contributed by atoms with Crippen LogP contribution in [0.1, 0.15) is 23.2 Å². The van der Waals surface area contributed by atoms with Gasteiger partial charge in [-0.2, -0.15) is 13.2 Å². The molecule has 0 saturated heterocycles. The highest BCUT2D eigenvalue weighted by molar-refractivity contribution is 5.87. The summed E-state index contributed by atoms with van der Waals surface area (Å²) < 4.78 is 40.9. The molecule has 20 heavy (non-hydrogen) atoms. The molecule has 1 aromatic rings. The monoisotopic (exact) mass is 291 g/mol. The Bertz CT molecular complexity index is 418. The number of aromatic carboxylic acids is 1. The van der Waals surface area contributed by atoms with Gasteiger partial charge in [0.2, 0.25) is 0 Å². The van der Waals surface area contributed by atoms with Crippen molar-refractivity contribution < 1.29 is 27.8 Å². The van der Waals surface area contributed by atoms with Gasteiger partial charge in [-0.3, -0.25) is 0 Å². The molecule has 0 aliphatic carbocycles. The van der Waals surface area contributed by atoms with Crippen LogP contribution in [-0.4, -0.2) is 36.9 Å². The number of alkyl halides is 3. The van der Waals surface area contributed by atoms with E-state index in [1.807, 2.05) is 0 Å². The van der Waals surface area contributed by atoms with Crippen LogP contribution >= 0.6 is 0 Å². The van der Waals surface area contributed by atoms with Crippen molar-refractivity contribution in [3.63, 3.8) is 0 Å². The zero-order valence-corrected chi connectivity index (χ0v) is 10.7. The first-order chi connectivity index (χ1) is 9.38. The Labute approximate surface area is 114 Å². The molecule has 0 bridgehead atoms. The predicted molar refractivity (Wildman–Crippen MR) is 67.1 cm³/mol. The van der Waals surface area contributed by atoms with Gasteiger partial charge in [0.1, 0.15) is 12.4 Å². The van der Waals surface area contributed by atoms with Crippen LogP contribution in [-0.2, 0) is 0 Å². The van der Waals surface area contributed by atoms with E-state index in [2.05, 4.69) is 5.32 Å². The van der Waals surface area contributed by atoms with Crippen LogP contribution in [0.15, 0.2) is 24.3 Å². The Hall–Kier alpha value is -1.76. The molecule has 0 spiro atoms. The van der Waals surface area contributed by atoms with Gasteiger partial charge in [0, 0.05) is 13.0 Å². The SMILES string of the molecule is O=C(O)c1ccc(OCCNCCCC(F)(F)F)cc1. The molecule has 0 amide bonds. The molecule has 0 aromatic heterocycles. The summed E-state index contributed by atoms with van der Waals surface area (Å²) in [5.41, 5.74) is 0.169. The van der Waals surface area contributed by atoms with Crippen LogP contribution in [0.4, 0.5) is 13.2 Å². The van der Waals surface area contributed by atoms with Crippen molar-refractivity contribution in [1.29, 1.82) is 0 Å². The fourth-order valence-corrected chi connectivity index (χ4v) is 1.47. The maximum Gasteiger partial charge on any atom is 0.389 e. The molecule has 0 atom stereocenters. The lowest BCUT2D eigenvalue weighted by Gasteiger charge is -2.09. The number of carboxylic acid groups (broad SMARTS) is 1. The Balaban J connectivity index is 2.11. The third-order valence-corrected chi connectivity index (χ3v) is 2.46. The van der Waals surface area contributed by atoms with Gasteiger partial charge in [-0.25, -0.2) is 4.79 Å². The zero-order valence-electron chi connectivity index (χ0n) is 10.7. The quantitative estimate of drug-likeness (QED) is 0.723. The second-order valence-corrected chi connectivity index (χ2v) is 4.15. The summed E-state index contributed by atoms with van der Waals surface area (Å²) >= 11 is 0. The van der Waals surface area contributed by atoms with Crippen molar-refractivity contribution in [2.24, 2.45) is 0 Å². The average molecular weight is 291 g/mol. The first-order valence-corrected chi connectivity index (χ1v) is 6.12. The molecule has 7 heteroatoms. The van der Waals surface area contributed by atoms with Crippen molar-refractivity contribution in [3.8, 4) is 5.75 Å². The molecule has 1 aromatic carbocycles. The summed E-state index contributed by atoms with van der Waals surface area (Å²) in [5, 5.41) is 11.5. The maximum atomic E-state index is 11.8. The van der Waals surface area contributed by atoms with E-state index in [0.717, 1.165) is 0 Å². The van der Waals surface area contributed by atoms with E-state index in [0.29, 0.717) is 18.9 Å². The van der Waals surface area contributed by atoms with E-state index in [4.69, 9.17) is 9.84 Å². The molecule has 0 aliphatic heterocycles. The van der Waals surface area contributed by atoms with Crippen LogP contribution in [0.3, 0.4) is 0 Å². The molecule has 0 saturated carbocycles. The van der Waals surface area contributed by atoms with Crippen LogP contribution in [0, 0.1) is 0 Å². The third kappa shape index (κ3) is 6.98. The van der Waals surface area contributed by atoms with Crippen molar-refractivity contribution in [1.82, 2.24) is 5.32 Å². The maximum absolute atomic E-state index is 11.8. The molecular formula is C13H16F3NO3. The molecule has 2 N–H and O–H groups in total. The van der Waals surface area contributed by atoms with E-state index in [-0.39, 0.29) is 18.5 Å². The highest BCUT2D eigenvalue weighted by Gasteiger charge is 2.25. The Morgan fingerprint density at radius 3 is 2.40 bits per heavy atom. The summed E-state index contributed by atoms with van der Waals surface area (Å²) in [6, 6.07) is 5.92. The number of halogens is 3. The number of carboxylic acids is 1. The molecule has 0 aliphatic rings. The van der Waals surface area contributed by atoms with Crippen molar-refractivity contribution in [2.45, 2.75) is 19.0 Å². The minimum absolute atomic E-state index is 0.0385. The Kier molecular flexibility index (Phi) is 6.30. The normalized spacial score (nSPS) is 11.3. The third-order valence-electron chi connectivity index (χ3n) is 2.46. The molecule has 4 nitrogen and oxygen atoms in total. The average Bonchev–Trinajstić information content (AvgIpc) is 2.37. The number of benzene rings is 1. The lowest BCUT2D eigenvalue weighted by Crippen LogP contribution is -2.23. The van der Waals surface area contributed by atoms with Gasteiger partial charge in [0.05, 0.1) is 5.56 Å². The number of hydrogen-bond donors (Lipinski definition) is 2. The molecule has 0 heterocycles. The van der Waals surface area contributed by atoms with E-state index in [1.165, 1.54) is 24.3 Å². The standard InChI is InChI=1S/C13H16F3NO3/c14-13(15,16)6-1-7-17-8-9-20-11-4-2-10(3-5-11)12(18)19/h2-5,17H,1,6-9H2,(H,18,19). The van der Waals surface area contributed by atoms with Gasteiger partial charge in [-0.1, -0.05) is 0 Å². The molecular weight excluding hydrogens is 275 g/mol. The predicted octanol–water partition coefficient (Wildman–Crippen LogP) is 2.70. The molecule has 0 fully saturated rings. The molecule has 0 radical (unpaired) electrons. The van der Waals surface area contributed by atoms with E-state index in [1.54, 1.807) is 0 Å². The minimum Gasteiger partial charge on any atom is -0.492 e. The van der Waals surface area contributed by atoms with Gasteiger partial charge in [-0.15, -0.1) is 0 Å². The van der Waals surface area contributed by atoms with Crippen molar-refractivity contribution in [3.05, 3.63) is 29.8 Å². The number of nitrogens with one attached hydrogen (secondary N) is 1. The molecule has 112 valence electrons. The Morgan fingerprint density at radius 1 is 1.20 bits per heavy atom. The van der Waals surface area contributed by atoms with Gasteiger partial charge in [-0.05, 0) is 37.2 Å². The molecule has 0 unspecified atom stereocenters. The van der Waals surface area contributed by atoms with Crippen LogP contribution in [0.25, 0.3) is 0 Å². The second kappa shape index (κ2) is 7.74. The molecule has 1 rings (SSSR count). The number of rotatable bonds is 8. The summed E-state index contributed by atoms with van der Waals surface area (Å²) in [5.74, 6) is -0.491. The number of ether oxygens (including phenoxy) is 1. The van der Waals surface area contributed by atoms with Gasteiger partial charge >= 0.3 is 12.1 Å². The van der Waals surface area contributed by atoms with Gasteiger partial charge in [0.15, 0.2) is 0 Å². The number of hydrogen-bond acceptors (Lipinski definition) is 3. The van der Waals surface area contributed by atoms with Crippen LogP contribution < -0.4 is 10.1 Å². The summed E-state index contributed by atoms with van der Waals surface area (Å²) in [6.07, 6.45) is -4.86. The lowest BCUT2D eigenvalue weighted by molar-refractivity contribution is -0.135. The highest BCUT2D eigenvalue weighted by Crippen LogP contribution is 2.20. The van der Waals surface area contributed by atoms with E-state index >= 15 is 0 Å². The van der Waals surface area contributed by atoms with Crippen LogP contribution in [0.2, 0.25) is 0 Å². The largest absolute Gasteiger partial charge is 0.492 e. The van der Waals surface area contributed by atoms with Crippen molar-refractivity contribution >= 4 is 5.97 Å². The fourth-order valence-electron chi connectivity index (χ4n) is 1.47. The smallest absolute Gasteiger partial charge is 0.389 e. The first kappa shape index (κ1) is 16.3. The second-order valence-electron chi connectivity index (χ2n) is 4.15. The van der Waals surface area contributed by atoms with Crippen LogP contribution in [0.5, 0.6) is 5.75 Å². The van der Waals surface area contributed by atoms with Crippen molar-refractivity contribution in [2.75, 3.05) is 19.7 Å². The summed E-state index contributed by atoms with van der Waals surface area (Å²) in [6.45, 7) is 1.01. The highest BCUT2D eigenvalue weighted by atomic mass is 19.4. The van der Waals surface area contributed by atoms with E-state index < -0.39 is 18.6 Å². The lowest BCUT2D eigenvalue weighted by atomic mass is 10.2. The topological polar surface area (TPSA) is 58.6 Å². The van der Waals surface area contributed by atoms with Gasteiger partial charge in [0.25, 0.3) is 0 Å². The Morgan fingerprint density at radius 2 is 1.85 bits per heavy atom. The zero-order chi connectivity index (χ0) is 15.0. The summed E-state index contributed by atoms with van der Waals surface area (Å²) in [7, 11) is 0. The van der Waals surface area contributed by atoms with Gasteiger partial charge < -0.3 is 15.2 Å².